The molecule has 0 fully saturated rings. The maximum atomic E-state index is 9.04. The third-order valence-electron chi connectivity index (χ3n) is 4.44. The number of anilines is 2. The highest BCUT2D eigenvalue weighted by Gasteiger charge is 2.09. The third-order valence-corrected chi connectivity index (χ3v) is 4.44. The molecule has 8 heteroatoms. The summed E-state index contributed by atoms with van der Waals surface area (Å²) in [6.07, 6.45) is 5.37. The molecular formula is C20H21N7O. The van der Waals surface area contributed by atoms with Gasteiger partial charge < -0.3 is 15.8 Å². The van der Waals surface area contributed by atoms with Crippen molar-refractivity contribution in [3.63, 3.8) is 0 Å². The molecule has 3 aromatic heterocycles. The van der Waals surface area contributed by atoms with Gasteiger partial charge in [0.05, 0.1) is 36.2 Å². The fourth-order valence-corrected chi connectivity index (χ4v) is 3.01. The number of aromatic nitrogens is 4. The minimum absolute atomic E-state index is 0.0403. The van der Waals surface area contributed by atoms with Crippen molar-refractivity contribution in [1.82, 2.24) is 19.7 Å². The van der Waals surface area contributed by atoms with Crippen LogP contribution in [0, 0.1) is 0 Å². The van der Waals surface area contributed by atoms with E-state index < -0.39 is 0 Å². The predicted molar refractivity (Wildman–Crippen MR) is 109 cm³/mol. The quantitative estimate of drug-likeness (QED) is 0.290. The first-order valence-electron chi connectivity index (χ1n) is 8.96. The van der Waals surface area contributed by atoms with Gasteiger partial charge in [0.25, 0.3) is 0 Å². The molecule has 4 aromatic rings. The Bertz CT molecular complexity index is 1090. The SMILES string of the molecule is NNc1ccc(-c2cnn(CCO)c2)nc1NCc1ccc2ncccc2c1. The van der Waals surface area contributed by atoms with Gasteiger partial charge in [-0.05, 0) is 35.9 Å². The summed E-state index contributed by atoms with van der Waals surface area (Å²) in [5.74, 6) is 6.30. The molecule has 0 spiro atoms. The fourth-order valence-electron chi connectivity index (χ4n) is 3.01. The number of nitrogens with one attached hydrogen (secondary N) is 2. The van der Waals surface area contributed by atoms with Crippen LogP contribution < -0.4 is 16.6 Å². The van der Waals surface area contributed by atoms with Crippen LogP contribution in [0.15, 0.2) is 61.1 Å². The number of hydrogen-bond donors (Lipinski definition) is 4. The van der Waals surface area contributed by atoms with Crippen LogP contribution in [0.25, 0.3) is 22.2 Å². The lowest BCUT2D eigenvalue weighted by molar-refractivity contribution is 0.269. The summed E-state index contributed by atoms with van der Waals surface area (Å²) in [5.41, 5.74) is 7.11. The van der Waals surface area contributed by atoms with E-state index >= 15 is 0 Å². The Labute approximate surface area is 162 Å². The number of rotatable bonds is 7. The molecule has 8 nitrogen and oxygen atoms in total. The molecule has 0 aliphatic carbocycles. The van der Waals surface area contributed by atoms with Gasteiger partial charge in [-0.15, -0.1) is 0 Å². The zero-order valence-electron chi connectivity index (χ0n) is 15.2. The smallest absolute Gasteiger partial charge is 0.151 e. The number of nitrogens with two attached hydrogens (primary N) is 1. The Morgan fingerprint density at radius 3 is 2.93 bits per heavy atom. The normalized spacial score (nSPS) is 10.9. The van der Waals surface area contributed by atoms with Crippen LogP contribution in [-0.4, -0.2) is 31.5 Å². The molecule has 0 aliphatic rings. The Hall–Kier alpha value is -3.49. The molecule has 0 radical (unpaired) electrons. The molecule has 0 amide bonds. The number of hydrogen-bond acceptors (Lipinski definition) is 7. The first kappa shape index (κ1) is 17.9. The number of aliphatic hydroxyl groups is 1. The first-order chi connectivity index (χ1) is 13.8. The van der Waals surface area contributed by atoms with E-state index in [-0.39, 0.29) is 6.61 Å². The highest BCUT2D eigenvalue weighted by atomic mass is 16.3. The summed E-state index contributed by atoms with van der Waals surface area (Å²) >= 11 is 0. The number of aliphatic hydroxyl groups excluding tert-OH is 1. The zero-order chi connectivity index (χ0) is 19.3. The predicted octanol–water partition coefficient (Wildman–Crippen LogP) is 2.38. The van der Waals surface area contributed by atoms with Gasteiger partial charge in [0.2, 0.25) is 0 Å². The summed E-state index contributed by atoms with van der Waals surface area (Å²) in [5, 5.41) is 17.7. The summed E-state index contributed by atoms with van der Waals surface area (Å²) in [6, 6.07) is 13.9. The van der Waals surface area contributed by atoms with Crippen LogP contribution in [0.5, 0.6) is 0 Å². The average molecular weight is 375 g/mol. The second-order valence-electron chi connectivity index (χ2n) is 6.34. The molecule has 142 valence electrons. The second-order valence-corrected chi connectivity index (χ2v) is 6.34. The highest BCUT2D eigenvalue weighted by molar-refractivity contribution is 5.79. The van der Waals surface area contributed by atoms with Gasteiger partial charge in [-0.25, -0.2) is 4.98 Å². The van der Waals surface area contributed by atoms with E-state index in [1.165, 1.54) is 0 Å². The van der Waals surface area contributed by atoms with Gasteiger partial charge in [-0.2, -0.15) is 5.10 Å². The van der Waals surface area contributed by atoms with Crippen LogP contribution in [0.4, 0.5) is 11.5 Å². The summed E-state index contributed by atoms with van der Waals surface area (Å²) < 4.78 is 1.68. The third kappa shape index (κ3) is 3.78. The van der Waals surface area contributed by atoms with Crippen molar-refractivity contribution in [3.05, 3.63) is 66.6 Å². The van der Waals surface area contributed by atoms with Gasteiger partial charge in [0.1, 0.15) is 0 Å². The molecule has 1 aromatic carbocycles. The largest absolute Gasteiger partial charge is 0.394 e. The van der Waals surface area contributed by atoms with E-state index in [0.717, 1.165) is 27.7 Å². The first-order valence-corrected chi connectivity index (χ1v) is 8.96. The molecule has 4 rings (SSSR count). The van der Waals surface area contributed by atoms with Crippen LogP contribution >= 0.6 is 0 Å². The molecule has 0 unspecified atom stereocenters. The number of nitrogen functional groups attached to an aromatic ring is 1. The van der Waals surface area contributed by atoms with Crippen LogP contribution in [-0.2, 0) is 13.1 Å². The molecule has 28 heavy (non-hydrogen) atoms. The summed E-state index contributed by atoms with van der Waals surface area (Å²) in [4.78, 5) is 9.03. The highest BCUT2D eigenvalue weighted by Crippen LogP contribution is 2.25. The van der Waals surface area contributed by atoms with Crippen molar-refractivity contribution in [3.8, 4) is 11.3 Å². The Morgan fingerprint density at radius 2 is 2.07 bits per heavy atom. The number of nitrogens with zero attached hydrogens (tertiary/aromatic N) is 4. The summed E-state index contributed by atoms with van der Waals surface area (Å²) in [7, 11) is 0. The van der Waals surface area contributed by atoms with Crippen LogP contribution in [0.1, 0.15) is 5.56 Å². The topological polar surface area (TPSA) is 114 Å². The molecule has 0 atom stereocenters. The van der Waals surface area contributed by atoms with Gasteiger partial charge in [-0.1, -0.05) is 12.1 Å². The molecule has 0 saturated heterocycles. The minimum atomic E-state index is 0.0403. The number of benzene rings is 1. The van der Waals surface area contributed by atoms with Crippen LogP contribution in [0.2, 0.25) is 0 Å². The average Bonchev–Trinajstić information content (AvgIpc) is 3.21. The lowest BCUT2D eigenvalue weighted by Crippen LogP contribution is -2.12. The Morgan fingerprint density at radius 1 is 1.14 bits per heavy atom. The number of hydrazine groups is 1. The maximum absolute atomic E-state index is 9.04. The molecule has 0 aliphatic heterocycles. The van der Waals surface area contributed by atoms with Crippen molar-refractivity contribution >= 4 is 22.4 Å². The van der Waals surface area contributed by atoms with E-state index in [1.807, 2.05) is 42.6 Å². The van der Waals surface area contributed by atoms with Crippen molar-refractivity contribution in [2.45, 2.75) is 13.1 Å². The van der Waals surface area contributed by atoms with Crippen molar-refractivity contribution in [2.75, 3.05) is 17.3 Å². The molecule has 3 heterocycles. The standard InChI is InChI=1S/C20H21N7O/c21-26-19-6-5-18(16-12-24-27(13-16)8-9-28)25-20(19)23-11-14-3-4-17-15(10-14)2-1-7-22-17/h1-7,10,12-13,26,28H,8-9,11,21H2,(H,23,25). The fraction of sp³-hybridized carbons (Fsp3) is 0.150. The lowest BCUT2D eigenvalue weighted by Gasteiger charge is -2.12. The van der Waals surface area contributed by atoms with Gasteiger partial charge in [0.15, 0.2) is 5.82 Å². The van der Waals surface area contributed by atoms with E-state index in [1.54, 1.807) is 17.1 Å². The van der Waals surface area contributed by atoms with Gasteiger partial charge in [-0.3, -0.25) is 15.5 Å². The Balaban J connectivity index is 1.56. The lowest BCUT2D eigenvalue weighted by atomic mass is 10.1. The number of fused-ring (bicyclic) bond motifs is 1. The zero-order valence-corrected chi connectivity index (χ0v) is 15.2. The molecule has 0 bridgehead atoms. The van der Waals surface area contributed by atoms with Crippen molar-refractivity contribution in [2.24, 2.45) is 5.84 Å². The molecule has 5 N–H and O–H groups in total. The van der Waals surface area contributed by atoms with Crippen molar-refractivity contribution in [1.29, 1.82) is 0 Å². The Kier molecular flexibility index (Phi) is 5.14. The van der Waals surface area contributed by atoms with Crippen molar-refractivity contribution < 1.29 is 5.11 Å². The number of pyridine rings is 2. The van der Waals surface area contributed by atoms with E-state index in [0.29, 0.717) is 24.6 Å². The molecular weight excluding hydrogens is 354 g/mol. The van der Waals surface area contributed by atoms with E-state index in [4.69, 9.17) is 10.9 Å². The van der Waals surface area contributed by atoms with E-state index in [9.17, 15) is 0 Å². The maximum Gasteiger partial charge on any atom is 0.151 e. The van der Waals surface area contributed by atoms with Crippen LogP contribution in [0.3, 0.4) is 0 Å². The minimum Gasteiger partial charge on any atom is -0.394 e. The molecule has 0 saturated carbocycles. The van der Waals surface area contributed by atoms with Gasteiger partial charge in [0, 0.05) is 29.9 Å². The summed E-state index contributed by atoms with van der Waals surface area (Å²) in [6.45, 7) is 1.09. The van der Waals surface area contributed by atoms with E-state index in [2.05, 4.69) is 31.9 Å². The van der Waals surface area contributed by atoms with Gasteiger partial charge >= 0.3 is 0 Å². The second kappa shape index (κ2) is 8.03. The monoisotopic (exact) mass is 375 g/mol.